The summed E-state index contributed by atoms with van der Waals surface area (Å²) in [5.74, 6) is 2.59. The Labute approximate surface area is 167 Å². The quantitative estimate of drug-likeness (QED) is 0.644. The first-order valence-corrected chi connectivity index (χ1v) is 11.1. The standard InChI is InChI=1S/C24H31N3O/c1-2-3-8-25-21-7-6-20(19-5-4-9-26-22(19)21)27-23(28)24-13-16-10-17(14-24)12-18(11-16)15-24/h4-7,9,16-18,25H,2-3,8,10-15H2,1H3,(H,27,28). The second kappa shape index (κ2) is 7.06. The van der Waals surface area contributed by atoms with E-state index in [-0.39, 0.29) is 11.3 Å². The average molecular weight is 378 g/mol. The number of benzene rings is 1. The van der Waals surface area contributed by atoms with Gasteiger partial charge in [0.2, 0.25) is 5.91 Å². The molecule has 4 aliphatic carbocycles. The molecule has 0 aliphatic heterocycles. The summed E-state index contributed by atoms with van der Waals surface area (Å²) in [4.78, 5) is 18.1. The molecule has 2 aromatic rings. The van der Waals surface area contributed by atoms with Crippen molar-refractivity contribution in [1.29, 1.82) is 0 Å². The lowest BCUT2D eigenvalue weighted by molar-refractivity contribution is -0.140. The third-order valence-electron chi connectivity index (χ3n) is 7.38. The Kier molecular flexibility index (Phi) is 4.53. The van der Waals surface area contributed by atoms with Gasteiger partial charge >= 0.3 is 0 Å². The fraction of sp³-hybridized carbons (Fsp3) is 0.583. The normalized spacial score (nSPS) is 30.5. The summed E-state index contributed by atoms with van der Waals surface area (Å²) < 4.78 is 0. The van der Waals surface area contributed by atoms with E-state index in [4.69, 9.17) is 0 Å². The molecule has 4 nitrogen and oxygen atoms in total. The molecule has 148 valence electrons. The van der Waals surface area contributed by atoms with Gasteiger partial charge in [-0.15, -0.1) is 0 Å². The van der Waals surface area contributed by atoms with E-state index in [0.29, 0.717) is 0 Å². The van der Waals surface area contributed by atoms with E-state index < -0.39 is 0 Å². The van der Waals surface area contributed by atoms with Gasteiger partial charge in [0.1, 0.15) is 0 Å². The predicted octanol–water partition coefficient (Wildman–Crippen LogP) is 5.60. The summed E-state index contributed by atoms with van der Waals surface area (Å²) in [5.41, 5.74) is 2.78. The number of nitrogens with zero attached hydrogens (tertiary/aromatic N) is 1. The summed E-state index contributed by atoms with van der Waals surface area (Å²) in [6, 6.07) is 8.15. The first-order valence-electron chi connectivity index (χ1n) is 11.1. The fourth-order valence-corrected chi connectivity index (χ4v) is 6.47. The van der Waals surface area contributed by atoms with Crippen LogP contribution in [0.2, 0.25) is 0 Å². The van der Waals surface area contributed by atoms with Crippen molar-refractivity contribution in [3.8, 4) is 0 Å². The van der Waals surface area contributed by atoms with Gasteiger partial charge < -0.3 is 10.6 Å². The molecule has 28 heavy (non-hydrogen) atoms. The number of anilines is 2. The number of pyridine rings is 1. The summed E-state index contributed by atoms with van der Waals surface area (Å²) in [7, 11) is 0. The van der Waals surface area contributed by atoms with Crippen LogP contribution in [-0.4, -0.2) is 17.4 Å². The zero-order valence-electron chi connectivity index (χ0n) is 16.8. The van der Waals surface area contributed by atoms with Crippen molar-refractivity contribution >= 4 is 28.2 Å². The van der Waals surface area contributed by atoms with Gasteiger partial charge in [-0.3, -0.25) is 9.78 Å². The maximum absolute atomic E-state index is 13.5. The second-order valence-electron chi connectivity index (χ2n) is 9.49. The van der Waals surface area contributed by atoms with E-state index in [1.54, 1.807) is 0 Å². The maximum Gasteiger partial charge on any atom is 0.230 e. The van der Waals surface area contributed by atoms with Crippen LogP contribution in [0, 0.1) is 23.2 Å². The topological polar surface area (TPSA) is 54.0 Å². The molecule has 0 unspecified atom stereocenters. The first-order chi connectivity index (χ1) is 13.7. The van der Waals surface area contributed by atoms with Crippen molar-refractivity contribution in [2.45, 2.75) is 58.3 Å². The molecule has 0 radical (unpaired) electrons. The molecule has 1 amide bonds. The first kappa shape index (κ1) is 18.0. The minimum absolute atomic E-state index is 0.124. The zero-order chi connectivity index (χ0) is 19.1. The van der Waals surface area contributed by atoms with E-state index in [2.05, 4.69) is 40.7 Å². The van der Waals surface area contributed by atoms with Gasteiger partial charge in [-0.2, -0.15) is 0 Å². The van der Waals surface area contributed by atoms with Crippen molar-refractivity contribution in [3.05, 3.63) is 30.5 Å². The van der Waals surface area contributed by atoms with Crippen molar-refractivity contribution < 1.29 is 4.79 Å². The summed E-state index contributed by atoms with van der Waals surface area (Å²) >= 11 is 0. The number of carbonyl (C=O) groups is 1. The Bertz CT molecular complexity index is 855. The van der Waals surface area contributed by atoms with Gasteiger partial charge in [0, 0.05) is 18.1 Å². The molecular weight excluding hydrogens is 346 g/mol. The van der Waals surface area contributed by atoms with E-state index in [9.17, 15) is 4.79 Å². The monoisotopic (exact) mass is 377 g/mol. The third kappa shape index (κ3) is 3.07. The molecule has 2 N–H and O–H groups in total. The summed E-state index contributed by atoms with van der Waals surface area (Å²) in [5, 5.41) is 7.86. The highest BCUT2D eigenvalue weighted by Crippen LogP contribution is 2.60. The van der Waals surface area contributed by atoms with Gasteiger partial charge in [-0.1, -0.05) is 13.3 Å². The van der Waals surface area contributed by atoms with Gasteiger partial charge in [0.05, 0.1) is 22.3 Å². The molecule has 4 fully saturated rings. The Balaban J connectivity index is 1.41. The van der Waals surface area contributed by atoms with Crippen molar-refractivity contribution in [2.24, 2.45) is 23.2 Å². The van der Waals surface area contributed by atoms with Gasteiger partial charge in [-0.05, 0) is 87.0 Å². The highest BCUT2D eigenvalue weighted by atomic mass is 16.2. The summed E-state index contributed by atoms with van der Waals surface area (Å²) in [6.45, 7) is 3.14. The highest BCUT2D eigenvalue weighted by Gasteiger charge is 2.54. The molecule has 4 saturated carbocycles. The van der Waals surface area contributed by atoms with Crippen LogP contribution in [0.3, 0.4) is 0 Å². The molecule has 6 rings (SSSR count). The van der Waals surface area contributed by atoms with Crippen molar-refractivity contribution in [2.75, 3.05) is 17.2 Å². The Hall–Kier alpha value is -2.10. The lowest BCUT2D eigenvalue weighted by Crippen LogP contribution is -2.51. The molecule has 1 aromatic carbocycles. The number of aromatic nitrogens is 1. The average Bonchev–Trinajstić information content (AvgIpc) is 2.68. The predicted molar refractivity (Wildman–Crippen MR) is 114 cm³/mol. The number of unbranched alkanes of at least 4 members (excludes halogenated alkanes) is 1. The van der Waals surface area contributed by atoms with Gasteiger partial charge in [0.25, 0.3) is 0 Å². The van der Waals surface area contributed by atoms with Crippen LogP contribution in [0.15, 0.2) is 30.5 Å². The largest absolute Gasteiger partial charge is 0.383 e. The molecule has 1 heterocycles. The molecule has 0 saturated heterocycles. The van der Waals surface area contributed by atoms with Crippen molar-refractivity contribution in [3.63, 3.8) is 0 Å². The van der Waals surface area contributed by atoms with Crippen LogP contribution >= 0.6 is 0 Å². The number of hydrogen-bond acceptors (Lipinski definition) is 3. The van der Waals surface area contributed by atoms with Gasteiger partial charge in [0.15, 0.2) is 0 Å². The maximum atomic E-state index is 13.5. The lowest BCUT2D eigenvalue weighted by atomic mass is 9.49. The highest BCUT2D eigenvalue weighted by molar-refractivity contribution is 6.06. The SMILES string of the molecule is CCCCNc1ccc(NC(=O)C23CC4CC(CC(C4)C2)C3)c2cccnc12. The van der Waals surface area contributed by atoms with Crippen LogP contribution in [0.4, 0.5) is 11.4 Å². The third-order valence-corrected chi connectivity index (χ3v) is 7.38. The molecule has 1 aromatic heterocycles. The van der Waals surface area contributed by atoms with Crippen LogP contribution in [0.5, 0.6) is 0 Å². The smallest absolute Gasteiger partial charge is 0.230 e. The van der Waals surface area contributed by atoms with E-state index in [1.807, 2.05) is 12.3 Å². The molecule has 4 heteroatoms. The minimum Gasteiger partial charge on any atom is -0.383 e. The molecule has 4 aliphatic rings. The number of hydrogen-bond donors (Lipinski definition) is 2. The Morgan fingerprint density at radius 1 is 1.07 bits per heavy atom. The van der Waals surface area contributed by atoms with Gasteiger partial charge in [-0.25, -0.2) is 0 Å². The number of carbonyl (C=O) groups excluding carboxylic acids is 1. The number of rotatable bonds is 6. The van der Waals surface area contributed by atoms with E-state index in [0.717, 1.165) is 78.7 Å². The van der Waals surface area contributed by atoms with E-state index in [1.165, 1.54) is 19.3 Å². The van der Waals surface area contributed by atoms with Crippen LogP contribution in [0.1, 0.15) is 58.3 Å². The number of amides is 1. The fourth-order valence-electron chi connectivity index (χ4n) is 6.47. The molecular formula is C24H31N3O. The Morgan fingerprint density at radius 3 is 2.43 bits per heavy atom. The minimum atomic E-state index is -0.124. The summed E-state index contributed by atoms with van der Waals surface area (Å²) in [6.07, 6.45) is 11.5. The number of nitrogens with one attached hydrogen (secondary N) is 2. The molecule has 0 atom stereocenters. The van der Waals surface area contributed by atoms with E-state index >= 15 is 0 Å². The van der Waals surface area contributed by atoms with Crippen LogP contribution < -0.4 is 10.6 Å². The van der Waals surface area contributed by atoms with Crippen molar-refractivity contribution in [1.82, 2.24) is 4.98 Å². The zero-order valence-corrected chi connectivity index (χ0v) is 16.8. The molecule has 0 spiro atoms. The molecule has 4 bridgehead atoms. The number of fused-ring (bicyclic) bond motifs is 1. The lowest BCUT2D eigenvalue weighted by Gasteiger charge is -2.55. The van der Waals surface area contributed by atoms with Crippen LogP contribution in [-0.2, 0) is 4.79 Å². The Morgan fingerprint density at radius 2 is 1.75 bits per heavy atom. The van der Waals surface area contributed by atoms with Crippen LogP contribution in [0.25, 0.3) is 10.9 Å². The second-order valence-corrected chi connectivity index (χ2v) is 9.49.